The zero-order valence-corrected chi connectivity index (χ0v) is 9.69. The Balaban J connectivity index is 0. The number of alkyl halides is 3. The Labute approximate surface area is 79.5 Å². The standard InChI is InChI=1S/C6H9F3O.C2H8Si/c1-3-4-5(2,10)6(7,8)9;1-3-2/h3,10H,1,4H2,2H3;3H2,1-2H3. The van der Waals surface area contributed by atoms with E-state index in [2.05, 4.69) is 19.7 Å². The van der Waals surface area contributed by atoms with Crippen molar-refractivity contribution < 1.29 is 18.3 Å². The molecular weight excluding hydrogens is 197 g/mol. The minimum absolute atomic E-state index is 0.417. The summed E-state index contributed by atoms with van der Waals surface area (Å²) in [6, 6.07) is 0. The summed E-state index contributed by atoms with van der Waals surface area (Å²) in [7, 11) is 0.417. The van der Waals surface area contributed by atoms with E-state index in [1.54, 1.807) is 0 Å². The summed E-state index contributed by atoms with van der Waals surface area (Å²) in [5, 5.41) is 8.65. The Kier molecular flexibility index (Phi) is 7.25. The molecule has 0 aromatic heterocycles. The first-order valence-electron chi connectivity index (χ1n) is 4.12. The first-order valence-corrected chi connectivity index (χ1v) is 6.95. The second kappa shape index (κ2) is 6.20. The Morgan fingerprint density at radius 3 is 1.77 bits per heavy atom. The topological polar surface area (TPSA) is 20.2 Å². The van der Waals surface area contributed by atoms with E-state index in [9.17, 15) is 13.2 Å². The van der Waals surface area contributed by atoms with Crippen LogP contribution in [0.2, 0.25) is 13.1 Å². The molecule has 0 rings (SSSR count). The molecule has 0 aromatic carbocycles. The van der Waals surface area contributed by atoms with Gasteiger partial charge in [-0.3, -0.25) is 0 Å². The lowest BCUT2D eigenvalue weighted by molar-refractivity contribution is -0.251. The smallest absolute Gasteiger partial charge is 0.380 e. The van der Waals surface area contributed by atoms with Crippen molar-refractivity contribution in [2.24, 2.45) is 0 Å². The monoisotopic (exact) mass is 214 g/mol. The number of rotatable bonds is 2. The highest BCUT2D eigenvalue weighted by Gasteiger charge is 2.48. The van der Waals surface area contributed by atoms with Crippen molar-refractivity contribution in [3.63, 3.8) is 0 Å². The molecule has 0 radical (unpaired) electrons. The molecule has 0 aliphatic heterocycles. The maximum atomic E-state index is 11.7. The Hall–Kier alpha value is -0.293. The van der Waals surface area contributed by atoms with Crippen molar-refractivity contribution in [2.75, 3.05) is 0 Å². The number of hydrogen-bond donors (Lipinski definition) is 1. The highest BCUT2D eigenvalue weighted by molar-refractivity contribution is 6.31. The fraction of sp³-hybridized carbons (Fsp3) is 0.750. The summed E-state index contributed by atoms with van der Waals surface area (Å²) in [5.41, 5.74) is -2.63. The second-order valence-electron chi connectivity index (χ2n) is 2.97. The van der Waals surface area contributed by atoms with Crippen molar-refractivity contribution in [3.05, 3.63) is 12.7 Å². The van der Waals surface area contributed by atoms with E-state index in [-0.39, 0.29) is 0 Å². The van der Waals surface area contributed by atoms with Gasteiger partial charge in [-0.2, -0.15) is 13.2 Å². The average Bonchev–Trinajstić information content (AvgIpc) is 1.85. The van der Waals surface area contributed by atoms with Crippen LogP contribution in [0.5, 0.6) is 0 Å². The third kappa shape index (κ3) is 6.83. The van der Waals surface area contributed by atoms with Crippen molar-refractivity contribution in [2.45, 2.75) is 38.2 Å². The first-order chi connectivity index (χ1) is 5.72. The molecule has 80 valence electrons. The molecule has 0 aliphatic rings. The molecule has 1 unspecified atom stereocenters. The van der Waals surface area contributed by atoms with Crippen LogP contribution in [0.15, 0.2) is 12.7 Å². The normalized spacial score (nSPS) is 15.3. The molecule has 1 nitrogen and oxygen atoms in total. The van der Waals surface area contributed by atoms with E-state index in [0.29, 0.717) is 16.4 Å². The van der Waals surface area contributed by atoms with Crippen LogP contribution >= 0.6 is 0 Å². The average molecular weight is 214 g/mol. The van der Waals surface area contributed by atoms with Crippen molar-refractivity contribution >= 4 is 9.52 Å². The van der Waals surface area contributed by atoms with Gasteiger partial charge in [-0.1, -0.05) is 19.2 Å². The van der Waals surface area contributed by atoms with Gasteiger partial charge in [0.25, 0.3) is 0 Å². The largest absolute Gasteiger partial charge is 0.417 e. The summed E-state index contributed by atoms with van der Waals surface area (Å²) in [6.07, 6.45) is -4.01. The van der Waals surface area contributed by atoms with Gasteiger partial charge in [-0.05, 0) is 6.92 Å². The van der Waals surface area contributed by atoms with E-state index in [0.717, 1.165) is 6.08 Å². The molecule has 0 fully saturated rings. The molecule has 0 heterocycles. The highest BCUT2D eigenvalue weighted by Crippen LogP contribution is 2.32. The lowest BCUT2D eigenvalue weighted by Crippen LogP contribution is -2.41. The van der Waals surface area contributed by atoms with E-state index in [1.807, 2.05) is 0 Å². The molecule has 0 saturated heterocycles. The minimum Gasteiger partial charge on any atom is -0.380 e. The van der Waals surface area contributed by atoms with Crippen LogP contribution in [-0.4, -0.2) is 26.4 Å². The van der Waals surface area contributed by atoms with Gasteiger partial charge >= 0.3 is 6.18 Å². The molecule has 0 spiro atoms. The van der Waals surface area contributed by atoms with E-state index in [1.165, 1.54) is 0 Å². The van der Waals surface area contributed by atoms with Gasteiger partial charge in [0.15, 0.2) is 5.60 Å². The van der Waals surface area contributed by atoms with Gasteiger partial charge in [0.1, 0.15) is 0 Å². The second-order valence-corrected chi connectivity index (χ2v) is 4.39. The van der Waals surface area contributed by atoms with Gasteiger partial charge in [-0.15, -0.1) is 6.58 Å². The molecule has 1 atom stereocenters. The van der Waals surface area contributed by atoms with Crippen LogP contribution in [-0.2, 0) is 0 Å². The predicted octanol–water partition coefficient (Wildman–Crippen LogP) is 2.13. The van der Waals surface area contributed by atoms with Crippen molar-refractivity contribution in [1.82, 2.24) is 0 Å². The van der Waals surface area contributed by atoms with Crippen LogP contribution in [0.4, 0.5) is 13.2 Å². The van der Waals surface area contributed by atoms with Gasteiger partial charge in [0, 0.05) is 15.9 Å². The predicted molar refractivity (Wildman–Crippen MR) is 51.8 cm³/mol. The summed E-state index contributed by atoms with van der Waals surface area (Å²) in [5.74, 6) is 0. The van der Waals surface area contributed by atoms with Gasteiger partial charge in [0.2, 0.25) is 0 Å². The lowest BCUT2D eigenvalue weighted by Gasteiger charge is -2.24. The molecule has 13 heavy (non-hydrogen) atoms. The van der Waals surface area contributed by atoms with Crippen molar-refractivity contribution in [1.29, 1.82) is 0 Å². The summed E-state index contributed by atoms with van der Waals surface area (Å²) < 4.78 is 35.2. The quantitative estimate of drug-likeness (QED) is 0.551. The molecule has 0 bridgehead atoms. The molecule has 0 saturated carbocycles. The van der Waals surface area contributed by atoms with Crippen LogP contribution in [0.1, 0.15) is 13.3 Å². The summed E-state index contributed by atoms with van der Waals surface area (Å²) in [6.45, 7) is 8.34. The lowest BCUT2D eigenvalue weighted by atomic mass is 10.0. The third-order valence-corrected chi connectivity index (χ3v) is 1.15. The fourth-order valence-corrected chi connectivity index (χ4v) is 0.397. The minimum atomic E-state index is -4.57. The SMILES string of the molecule is C=CCC(C)(O)C(F)(F)F.C[SiH2]C. The Bertz CT molecular complexity index is 143. The van der Waals surface area contributed by atoms with Crippen LogP contribution in [0, 0.1) is 0 Å². The number of aliphatic hydroxyl groups is 1. The molecule has 0 aromatic rings. The van der Waals surface area contributed by atoms with Gasteiger partial charge in [0.05, 0.1) is 0 Å². The van der Waals surface area contributed by atoms with E-state index >= 15 is 0 Å². The molecule has 1 N–H and O–H groups in total. The van der Waals surface area contributed by atoms with Crippen molar-refractivity contribution in [3.8, 4) is 0 Å². The highest BCUT2D eigenvalue weighted by atomic mass is 28.2. The zero-order chi connectivity index (χ0) is 11.1. The van der Waals surface area contributed by atoms with E-state index < -0.39 is 18.2 Å². The number of halogens is 3. The zero-order valence-electron chi connectivity index (χ0n) is 8.28. The van der Waals surface area contributed by atoms with Crippen LogP contribution < -0.4 is 0 Å². The number of hydrogen-bond acceptors (Lipinski definition) is 1. The van der Waals surface area contributed by atoms with Gasteiger partial charge < -0.3 is 5.11 Å². The van der Waals surface area contributed by atoms with Crippen LogP contribution in [0.3, 0.4) is 0 Å². The maximum Gasteiger partial charge on any atom is 0.417 e. The van der Waals surface area contributed by atoms with Gasteiger partial charge in [-0.25, -0.2) is 0 Å². The molecule has 0 aliphatic carbocycles. The summed E-state index contributed by atoms with van der Waals surface area (Å²) >= 11 is 0. The Morgan fingerprint density at radius 1 is 1.38 bits per heavy atom. The molecule has 5 heteroatoms. The maximum absolute atomic E-state index is 11.7. The first kappa shape index (κ1) is 15.2. The third-order valence-electron chi connectivity index (χ3n) is 1.15. The van der Waals surface area contributed by atoms with Crippen LogP contribution in [0.25, 0.3) is 0 Å². The fourth-order valence-electron chi connectivity index (χ4n) is 0.397. The molecular formula is C8H17F3OSi. The molecule has 0 amide bonds. The summed E-state index contributed by atoms with van der Waals surface area (Å²) in [4.78, 5) is 0. The van der Waals surface area contributed by atoms with E-state index in [4.69, 9.17) is 5.11 Å². The Morgan fingerprint density at radius 2 is 1.69 bits per heavy atom.